The molecule has 3 heterocycles. The van der Waals surface area contributed by atoms with Gasteiger partial charge in [0.2, 0.25) is 0 Å². The van der Waals surface area contributed by atoms with E-state index in [4.69, 9.17) is 4.74 Å². The molecule has 2 aliphatic rings. The van der Waals surface area contributed by atoms with Gasteiger partial charge in [-0.1, -0.05) is 30.3 Å². The minimum Gasteiger partial charge on any atom is -0.440 e. The maximum atomic E-state index is 11.8. The average Bonchev–Trinajstić information content (AvgIpc) is 2.89. The third-order valence-corrected chi connectivity index (χ3v) is 5.08. The van der Waals surface area contributed by atoms with Gasteiger partial charge in [0.15, 0.2) is 0 Å². The summed E-state index contributed by atoms with van der Waals surface area (Å²) in [6.07, 6.45) is 3.64. The predicted octanol–water partition coefficient (Wildman–Crippen LogP) is 3.17. The maximum Gasteiger partial charge on any atom is 0.410 e. The third kappa shape index (κ3) is 3.37. The van der Waals surface area contributed by atoms with Gasteiger partial charge in [-0.2, -0.15) is 0 Å². The standard InChI is InChI=1S/C20H23N3O2/c1-22-14-20(25-19(22)24)10-4-12-23(15-20)13-16-6-8-17(9-7-16)18-5-2-3-11-21-18/h2-3,5-9,11H,4,10,12-15H2,1H3/t20-/m1/s1. The Hall–Kier alpha value is -2.40. The van der Waals surface area contributed by atoms with Crippen LogP contribution < -0.4 is 0 Å². The lowest BCUT2D eigenvalue weighted by Gasteiger charge is -2.38. The first-order valence-corrected chi connectivity index (χ1v) is 8.80. The highest BCUT2D eigenvalue weighted by molar-refractivity contribution is 5.70. The fourth-order valence-electron chi connectivity index (χ4n) is 3.90. The van der Waals surface area contributed by atoms with Crippen molar-refractivity contribution in [2.45, 2.75) is 25.0 Å². The number of hydrogen-bond donors (Lipinski definition) is 0. The summed E-state index contributed by atoms with van der Waals surface area (Å²) in [4.78, 5) is 20.2. The van der Waals surface area contributed by atoms with Crippen LogP contribution in [-0.2, 0) is 11.3 Å². The van der Waals surface area contributed by atoms with Gasteiger partial charge in [0, 0.05) is 31.9 Å². The number of carbonyl (C=O) groups excluding carboxylic acids is 1. The number of likely N-dealkylation sites (tertiary alicyclic amines) is 1. The van der Waals surface area contributed by atoms with Crippen LogP contribution in [0.25, 0.3) is 11.3 Å². The second-order valence-electron chi connectivity index (χ2n) is 7.13. The first kappa shape index (κ1) is 16.1. The van der Waals surface area contributed by atoms with E-state index in [1.165, 1.54) is 5.56 Å². The molecule has 1 aromatic heterocycles. The first-order chi connectivity index (χ1) is 12.1. The van der Waals surface area contributed by atoms with Crippen molar-refractivity contribution >= 4 is 6.09 Å². The van der Waals surface area contributed by atoms with Crippen LogP contribution in [0.15, 0.2) is 48.7 Å². The second-order valence-corrected chi connectivity index (χ2v) is 7.13. The SMILES string of the molecule is CN1C[C@@]2(CCCN(Cc3ccc(-c4ccccn4)cc3)C2)OC1=O. The summed E-state index contributed by atoms with van der Waals surface area (Å²) in [7, 11) is 1.81. The molecule has 1 atom stereocenters. The van der Waals surface area contributed by atoms with Crippen molar-refractivity contribution in [3.8, 4) is 11.3 Å². The summed E-state index contributed by atoms with van der Waals surface area (Å²) in [5, 5.41) is 0. The van der Waals surface area contributed by atoms with Gasteiger partial charge in [0.05, 0.1) is 12.2 Å². The van der Waals surface area contributed by atoms with Gasteiger partial charge in [-0.05, 0) is 37.1 Å². The molecular formula is C20H23N3O2. The Bertz CT molecular complexity index is 747. The molecule has 1 spiro atoms. The summed E-state index contributed by atoms with van der Waals surface area (Å²) in [5.74, 6) is 0. The Kier molecular flexibility index (Phi) is 4.17. The van der Waals surface area contributed by atoms with E-state index in [2.05, 4.69) is 34.1 Å². The highest BCUT2D eigenvalue weighted by atomic mass is 16.6. The molecule has 2 saturated heterocycles. The lowest BCUT2D eigenvalue weighted by atomic mass is 9.92. The fraction of sp³-hybridized carbons (Fsp3) is 0.400. The molecule has 130 valence electrons. The fourth-order valence-corrected chi connectivity index (χ4v) is 3.90. The molecule has 5 nitrogen and oxygen atoms in total. The Balaban J connectivity index is 1.43. The van der Waals surface area contributed by atoms with Crippen LogP contribution in [0.1, 0.15) is 18.4 Å². The molecule has 4 rings (SSSR count). The summed E-state index contributed by atoms with van der Waals surface area (Å²) in [6, 6.07) is 14.5. The number of aromatic nitrogens is 1. The van der Waals surface area contributed by atoms with Gasteiger partial charge in [-0.15, -0.1) is 0 Å². The molecule has 0 unspecified atom stereocenters. The molecule has 0 saturated carbocycles. The molecule has 0 aliphatic carbocycles. The van der Waals surface area contributed by atoms with Gasteiger partial charge in [0.25, 0.3) is 0 Å². The van der Waals surface area contributed by atoms with E-state index in [1.54, 1.807) is 4.90 Å². The Morgan fingerprint density at radius 3 is 2.68 bits per heavy atom. The van der Waals surface area contributed by atoms with E-state index < -0.39 is 0 Å². The van der Waals surface area contributed by atoms with E-state index in [0.29, 0.717) is 6.54 Å². The van der Waals surface area contributed by atoms with Gasteiger partial charge in [-0.3, -0.25) is 9.88 Å². The summed E-state index contributed by atoms with van der Waals surface area (Å²) >= 11 is 0. The maximum absolute atomic E-state index is 11.8. The zero-order valence-electron chi connectivity index (χ0n) is 14.5. The van der Waals surface area contributed by atoms with Crippen LogP contribution in [0, 0.1) is 0 Å². The van der Waals surface area contributed by atoms with Crippen LogP contribution in [0.4, 0.5) is 4.79 Å². The zero-order chi connectivity index (χ0) is 17.3. The van der Waals surface area contributed by atoms with Gasteiger partial charge >= 0.3 is 6.09 Å². The topological polar surface area (TPSA) is 45.7 Å². The van der Waals surface area contributed by atoms with E-state index in [0.717, 1.165) is 43.7 Å². The van der Waals surface area contributed by atoms with Crippen molar-refractivity contribution in [2.24, 2.45) is 0 Å². The smallest absolute Gasteiger partial charge is 0.410 e. The normalized spacial score (nSPS) is 23.9. The van der Waals surface area contributed by atoms with Crippen molar-refractivity contribution in [1.82, 2.24) is 14.8 Å². The Morgan fingerprint density at radius 2 is 2.00 bits per heavy atom. The van der Waals surface area contributed by atoms with Crippen molar-refractivity contribution in [3.63, 3.8) is 0 Å². The Morgan fingerprint density at radius 1 is 1.16 bits per heavy atom. The van der Waals surface area contributed by atoms with Crippen molar-refractivity contribution in [2.75, 3.05) is 26.7 Å². The number of hydrogen-bond acceptors (Lipinski definition) is 4. The molecule has 2 aromatic rings. The van der Waals surface area contributed by atoms with E-state index in [-0.39, 0.29) is 11.7 Å². The molecule has 25 heavy (non-hydrogen) atoms. The largest absolute Gasteiger partial charge is 0.440 e. The minimum atomic E-state index is -0.321. The quantitative estimate of drug-likeness (QED) is 0.863. The number of ether oxygens (including phenoxy) is 1. The monoisotopic (exact) mass is 337 g/mol. The zero-order valence-corrected chi connectivity index (χ0v) is 14.5. The number of likely N-dealkylation sites (N-methyl/N-ethyl adjacent to an activating group) is 1. The van der Waals surface area contributed by atoms with Crippen LogP contribution in [0.2, 0.25) is 0 Å². The highest BCUT2D eigenvalue weighted by Crippen LogP contribution is 2.32. The molecule has 1 amide bonds. The first-order valence-electron chi connectivity index (χ1n) is 8.80. The second kappa shape index (κ2) is 6.48. The van der Waals surface area contributed by atoms with Gasteiger partial charge < -0.3 is 9.64 Å². The van der Waals surface area contributed by atoms with Crippen LogP contribution in [0.5, 0.6) is 0 Å². The van der Waals surface area contributed by atoms with Gasteiger partial charge in [-0.25, -0.2) is 4.79 Å². The number of benzene rings is 1. The average molecular weight is 337 g/mol. The molecule has 0 N–H and O–H groups in total. The molecule has 5 heteroatoms. The molecule has 2 fully saturated rings. The summed E-state index contributed by atoms with van der Waals surface area (Å²) < 4.78 is 5.68. The van der Waals surface area contributed by atoms with Crippen LogP contribution >= 0.6 is 0 Å². The van der Waals surface area contributed by atoms with Crippen molar-refractivity contribution in [1.29, 1.82) is 0 Å². The number of rotatable bonds is 3. The van der Waals surface area contributed by atoms with Crippen LogP contribution in [-0.4, -0.2) is 53.2 Å². The summed E-state index contributed by atoms with van der Waals surface area (Å²) in [6.45, 7) is 3.43. The molecular weight excluding hydrogens is 314 g/mol. The van der Waals surface area contributed by atoms with Crippen molar-refractivity contribution < 1.29 is 9.53 Å². The van der Waals surface area contributed by atoms with Gasteiger partial charge in [0.1, 0.15) is 5.60 Å². The number of pyridine rings is 1. The Labute approximate surface area is 148 Å². The number of carbonyl (C=O) groups is 1. The van der Waals surface area contributed by atoms with Crippen molar-refractivity contribution in [3.05, 3.63) is 54.2 Å². The molecule has 0 bridgehead atoms. The minimum absolute atomic E-state index is 0.193. The van der Waals surface area contributed by atoms with E-state index >= 15 is 0 Å². The van der Waals surface area contributed by atoms with E-state index in [9.17, 15) is 4.79 Å². The third-order valence-electron chi connectivity index (χ3n) is 5.08. The molecule has 2 aliphatic heterocycles. The summed E-state index contributed by atoms with van der Waals surface area (Å²) in [5.41, 5.74) is 3.07. The van der Waals surface area contributed by atoms with E-state index in [1.807, 2.05) is 31.4 Å². The lowest BCUT2D eigenvalue weighted by Crippen LogP contribution is -2.50. The lowest BCUT2D eigenvalue weighted by molar-refractivity contribution is -0.0113. The number of amides is 1. The number of nitrogens with zero attached hydrogens (tertiary/aromatic N) is 3. The molecule has 1 aromatic carbocycles. The van der Waals surface area contributed by atoms with Crippen LogP contribution in [0.3, 0.4) is 0 Å². The molecule has 0 radical (unpaired) electrons. The number of piperidine rings is 1. The highest BCUT2D eigenvalue weighted by Gasteiger charge is 2.46. The predicted molar refractivity (Wildman–Crippen MR) is 96.0 cm³/mol.